The van der Waals surface area contributed by atoms with Gasteiger partial charge in [-0.25, -0.2) is 4.79 Å². The minimum atomic E-state index is -0.594. The van der Waals surface area contributed by atoms with Crippen LogP contribution in [0, 0.1) is 5.92 Å². The molecule has 2 heterocycles. The molecule has 1 aromatic carbocycles. The molecule has 2 aliphatic rings. The molecule has 2 fully saturated rings. The molecular formula is C22H27NO5. The standard InChI is InChI=1S/C22H27NO5/c1-2-15-11-21(25)28-19-12-17(6-7-18(15)19)27-14-20(24)23-10-9-22(26)8-4-3-5-16(22)13-23/h6-7,11-12,16,26H,2-5,8-10,13-14H2,1H3/t16-,22-/m0/s1. The number of hydrogen-bond donors (Lipinski definition) is 1. The van der Waals surface area contributed by atoms with E-state index in [4.69, 9.17) is 9.15 Å². The summed E-state index contributed by atoms with van der Waals surface area (Å²) in [6.07, 6.45) is 5.39. The summed E-state index contributed by atoms with van der Waals surface area (Å²) >= 11 is 0. The van der Waals surface area contributed by atoms with E-state index >= 15 is 0 Å². The second kappa shape index (κ2) is 7.59. The molecule has 0 radical (unpaired) electrons. The van der Waals surface area contributed by atoms with Crippen LogP contribution in [-0.2, 0) is 11.2 Å². The van der Waals surface area contributed by atoms with E-state index in [1.54, 1.807) is 17.0 Å². The number of fused-ring (bicyclic) bond motifs is 2. The molecule has 0 unspecified atom stereocenters. The Morgan fingerprint density at radius 3 is 3.00 bits per heavy atom. The number of likely N-dealkylation sites (tertiary alicyclic amines) is 1. The average Bonchev–Trinajstić information content (AvgIpc) is 2.70. The SMILES string of the molecule is CCc1cc(=O)oc2cc(OCC(=O)N3CC[C@@]4(O)CCCC[C@H]4C3)ccc12. The predicted octanol–water partition coefficient (Wildman–Crippen LogP) is 2.89. The van der Waals surface area contributed by atoms with E-state index in [1.165, 1.54) is 6.07 Å². The normalized spacial score (nSPS) is 24.8. The fourth-order valence-corrected chi connectivity index (χ4v) is 4.63. The number of nitrogens with zero attached hydrogens (tertiary/aromatic N) is 1. The van der Waals surface area contributed by atoms with Crippen molar-refractivity contribution in [1.82, 2.24) is 4.90 Å². The molecule has 2 aromatic rings. The molecule has 1 N–H and O–H groups in total. The topological polar surface area (TPSA) is 80.0 Å². The molecule has 0 spiro atoms. The van der Waals surface area contributed by atoms with Crippen LogP contribution >= 0.6 is 0 Å². The van der Waals surface area contributed by atoms with Crippen LogP contribution in [0.25, 0.3) is 11.0 Å². The predicted molar refractivity (Wildman–Crippen MR) is 105 cm³/mol. The van der Waals surface area contributed by atoms with Gasteiger partial charge in [-0.05, 0) is 43.4 Å². The summed E-state index contributed by atoms with van der Waals surface area (Å²) in [6, 6.07) is 6.83. The van der Waals surface area contributed by atoms with Crippen molar-refractivity contribution in [1.29, 1.82) is 0 Å². The summed E-state index contributed by atoms with van der Waals surface area (Å²) in [4.78, 5) is 26.1. The van der Waals surface area contributed by atoms with E-state index in [9.17, 15) is 14.7 Å². The fraction of sp³-hybridized carbons (Fsp3) is 0.545. The zero-order valence-electron chi connectivity index (χ0n) is 16.3. The van der Waals surface area contributed by atoms with Crippen molar-refractivity contribution in [2.75, 3.05) is 19.7 Å². The number of piperidine rings is 1. The van der Waals surface area contributed by atoms with Crippen LogP contribution in [0.1, 0.15) is 44.6 Å². The Morgan fingerprint density at radius 2 is 2.18 bits per heavy atom. The number of carbonyl (C=O) groups excluding carboxylic acids is 1. The molecule has 150 valence electrons. The third-order valence-corrected chi connectivity index (χ3v) is 6.33. The minimum Gasteiger partial charge on any atom is -0.484 e. The Balaban J connectivity index is 1.41. The maximum atomic E-state index is 12.6. The molecule has 1 amide bonds. The Bertz CT molecular complexity index is 936. The smallest absolute Gasteiger partial charge is 0.336 e. The van der Waals surface area contributed by atoms with Gasteiger partial charge in [0, 0.05) is 36.5 Å². The molecule has 6 nitrogen and oxygen atoms in total. The number of hydrogen-bond acceptors (Lipinski definition) is 5. The maximum Gasteiger partial charge on any atom is 0.336 e. The van der Waals surface area contributed by atoms with Crippen molar-refractivity contribution in [3.63, 3.8) is 0 Å². The molecular weight excluding hydrogens is 358 g/mol. The first-order valence-electron chi connectivity index (χ1n) is 10.2. The van der Waals surface area contributed by atoms with Crippen molar-refractivity contribution in [3.8, 4) is 5.75 Å². The fourth-order valence-electron chi connectivity index (χ4n) is 4.63. The van der Waals surface area contributed by atoms with Crippen LogP contribution in [0.5, 0.6) is 5.75 Å². The molecule has 2 atom stereocenters. The Hall–Kier alpha value is -2.34. The quantitative estimate of drug-likeness (QED) is 0.819. The van der Waals surface area contributed by atoms with E-state index in [-0.39, 0.29) is 24.1 Å². The van der Waals surface area contributed by atoms with Gasteiger partial charge in [0.25, 0.3) is 5.91 Å². The summed E-state index contributed by atoms with van der Waals surface area (Å²) in [5.41, 5.74) is 0.426. The second-order valence-corrected chi connectivity index (χ2v) is 8.03. The Labute approximate surface area is 164 Å². The molecule has 1 aliphatic heterocycles. The van der Waals surface area contributed by atoms with Gasteiger partial charge in [0.15, 0.2) is 6.61 Å². The van der Waals surface area contributed by atoms with Gasteiger partial charge in [-0.15, -0.1) is 0 Å². The largest absolute Gasteiger partial charge is 0.484 e. The van der Waals surface area contributed by atoms with Gasteiger partial charge < -0.3 is 19.2 Å². The molecule has 0 bridgehead atoms. The van der Waals surface area contributed by atoms with Gasteiger partial charge in [-0.1, -0.05) is 19.8 Å². The van der Waals surface area contributed by atoms with Crippen molar-refractivity contribution in [2.45, 2.75) is 51.0 Å². The van der Waals surface area contributed by atoms with Gasteiger partial charge in [-0.3, -0.25) is 4.79 Å². The van der Waals surface area contributed by atoms with Crippen molar-refractivity contribution in [3.05, 3.63) is 40.2 Å². The molecule has 4 rings (SSSR count). The van der Waals surface area contributed by atoms with E-state index in [0.29, 0.717) is 30.8 Å². The first kappa shape index (κ1) is 19.0. The monoisotopic (exact) mass is 385 g/mol. The van der Waals surface area contributed by atoms with Crippen LogP contribution in [0.2, 0.25) is 0 Å². The third-order valence-electron chi connectivity index (χ3n) is 6.33. The minimum absolute atomic E-state index is 0.0612. The summed E-state index contributed by atoms with van der Waals surface area (Å²) in [5, 5.41) is 11.6. The van der Waals surface area contributed by atoms with Crippen LogP contribution in [0.3, 0.4) is 0 Å². The van der Waals surface area contributed by atoms with Gasteiger partial charge in [-0.2, -0.15) is 0 Å². The molecule has 28 heavy (non-hydrogen) atoms. The third kappa shape index (κ3) is 3.65. The van der Waals surface area contributed by atoms with Crippen LogP contribution in [0.15, 0.2) is 33.5 Å². The lowest BCUT2D eigenvalue weighted by Crippen LogP contribution is -2.55. The number of amides is 1. The number of ether oxygens (including phenoxy) is 1. The summed E-state index contributed by atoms with van der Waals surface area (Å²) in [7, 11) is 0. The maximum absolute atomic E-state index is 12.6. The van der Waals surface area contributed by atoms with Gasteiger partial charge in [0.2, 0.25) is 0 Å². The molecule has 1 saturated carbocycles. The highest BCUT2D eigenvalue weighted by Gasteiger charge is 2.43. The highest BCUT2D eigenvalue weighted by Crippen LogP contribution is 2.39. The van der Waals surface area contributed by atoms with Gasteiger partial charge >= 0.3 is 5.63 Å². The average molecular weight is 385 g/mol. The Morgan fingerprint density at radius 1 is 1.32 bits per heavy atom. The zero-order chi connectivity index (χ0) is 19.7. The van der Waals surface area contributed by atoms with Crippen LogP contribution in [-0.4, -0.2) is 41.2 Å². The van der Waals surface area contributed by atoms with Crippen molar-refractivity contribution >= 4 is 16.9 Å². The van der Waals surface area contributed by atoms with Crippen molar-refractivity contribution in [2.24, 2.45) is 5.92 Å². The number of aliphatic hydroxyl groups is 1. The molecule has 1 saturated heterocycles. The van der Waals surface area contributed by atoms with Gasteiger partial charge in [0.05, 0.1) is 5.60 Å². The number of rotatable bonds is 4. The number of aryl methyl sites for hydroxylation is 1. The zero-order valence-corrected chi connectivity index (χ0v) is 16.3. The summed E-state index contributed by atoms with van der Waals surface area (Å²) in [5.74, 6) is 0.598. The lowest BCUT2D eigenvalue weighted by molar-refractivity contribution is -0.145. The number of benzene rings is 1. The number of carbonyl (C=O) groups is 1. The van der Waals surface area contributed by atoms with E-state index in [1.807, 2.05) is 13.0 Å². The van der Waals surface area contributed by atoms with Crippen LogP contribution < -0.4 is 10.4 Å². The summed E-state index contributed by atoms with van der Waals surface area (Å²) < 4.78 is 11.0. The second-order valence-electron chi connectivity index (χ2n) is 8.03. The highest BCUT2D eigenvalue weighted by molar-refractivity contribution is 5.82. The first-order valence-corrected chi connectivity index (χ1v) is 10.2. The lowest BCUT2D eigenvalue weighted by Gasteiger charge is -2.47. The van der Waals surface area contributed by atoms with E-state index in [2.05, 4.69) is 0 Å². The van der Waals surface area contributed by atoms with Crippen LogP contribution in [0.4, 0.5) is 0 Å². The molecule has 6 heteroatoms. The lowest BCUT2D eigenvalue weighted by atomic mass is 9.71. The summed E-state index contributed by atoms with van der Waals surface area (Å²) in [6.45, 7) is 3.10. The van der Waals surface area contributed by atoms with Crippen molar-refractivity contribution < 1.29 is 19.1 Å². The van der Waals surface area contributed by atoms with E-state index in [0.717, 1.165) is 43.1 Å². The molecule has 1 aliphatic carbocycles. The van der Waals surface area contributed by atoms with E-state index < -0.39 is 5.60 Å². The molecule has 1 aromatic heterocycles. The highest BCUT2D eigenvalue weighted by atomic mass is 16.5. The van der Waals surface area contributed by atoms with Gasteiger partial charge in [0.1, 0.15) is 11.3 Å². The Kier molecular flexibility index (Phi) is 5.15. The first-order chi connectivity index (χ1) is 13.5.